The molecule has 0 bridgehead atoms. The van der Waals surface area contributed by atoms with E-state index in [4.69, 9.17) is 0 Å². The number of nitrogens with zero attached hydrogens (tertiary/aromatic N) is 3. The van der Waals surface area contributed by atoms with Crippen LogP contribution in [0.5, 0.6) is 5.75 Å². The van der Waals surface area contributed by atoms with Gasteiger partial charge in [0, 0.05) is 49.5 Å². The minimum Gasteiger partial charge on any atom is -0.404 e. The summed E-state index contributed by atoms with van der Waals surface area (Å²) in [5.74, 6) is -0.697. The molecule has 0 N–H and O–H groups in total. The Balaban J connectivity index is 1.36. The third-order valence-electron chi connectivity index (χ3n) is 7.37. The number of amides is 1. The van der Waals surface area contributed by atoms with Crippen molar-refractivity contribution < 1.29 is 22.7 Å². The monoisotopic (exact) mass is 521 g/mol. The molecule has 0 saturated carbocycles. The number of ether oxygens (including phenoxy) is 1. The van der Waals surface area contributed by atoms with Crippen LogP contribution in [-0.2, 0) is 5.54 Å². The van der Waals surface area contributed by atoms with Crippen LogP contribution in [0.2, 0.25) is 0 Å². The topological polar surface area (TPSA) is 36.0 Å². The summed E-state index contributed by atoms with van der Waals surface area (Å²) in [5, 5.41) is 0. The first-order chi connectivity index (χ1) is 18.1. The summed E-state index contributed by atoms with van der Waals surface area (Å²) >= 11 is 0. The molecular weight excluding hydrogens is 491 g/mol. The molecular formula is C30H30F3N3O2. The number of fused-ring (bicyclic) bond motifs is 1. The molecule has 2 aliphatic heterocycles. The van der Waals surface area contributed by atoms with Gasteiger partial charge in [0.05, 0.1) is 5.69 Å². The Morgan fingerprint density at radius 3 is 2.24 bits per heavy atom. The molecule has 0 radical (unpaired) electrons. The van der Waals surface area contributed by atoms with Gasteiger partial charge in [-0.1, -0.05) is 60.7 Å². The summed E-state index contributed by atoms with van der Waals surface area (Å²) in [6, 6.07) is 22.0. The summed E-state index contributed by atoms with van der Waals surface area (Å²) in [7, 11) is 0. The predicted octanol–water partition coefficient (Wildman–Crippen LogP) is 6.44. The van der Waals surface area contributed by atoms with Crippen molar-refractivity contribution in [3.8, 4) is 5.75 Å². The molecule has 198 valence electrons. The van der Waals surface area contributed by atoms with E-state index in [0.717, 1.165) is 11.3 Å². The van der Waals surface area contributed by atoms with E-state index in [1.54, 1.807) is 21.9 Å². The molecule has 1 fully saturated rings. The van der Waals surface area contributed by atoms with E-state index < -0.39 is 12.1 Å². The van der Waals surface area contributed by atoms with Crippen molar-refractivity contribution in [3.05, 3.63) is 95.6 Å². The molecule has 2 heterocycles. The lowest BCUT2D eigenvalue weighted by atomic mass is 9.91. The Morgan fingerprint density at radius 2 is 1.53 bits per heavy atom. The number of hydrogen-bond acceptors (Lipinski definition) is 4. The molecule has 0 aromatic heterocycles. The summed E-state index contributed by atoms with van der Waals surface area (Å²) in [6.45, 7) is 6.99. The van der Waals surface area contributed by atoms with E-state index in [0.29, 0.717) is 32.7 Å². The quantitative estimate of drug-likeness (QED) is 0.387. The molecule has 0 atom stereocenters. The standard InChI is InChI=1S/C30H30F3N3O2/c1-29(2,24-11-4-3-5-12-24)35-19-17-34(18-20-35)28(37)23-14-15-26(27(21-23)38-30(31,32)33)36-16-8-10-22-9-6-7-13-25(22)36/h3-15,21H,16-20H2,1-2H3. The fourth-order valence-corrected chi connectivity index (χ4v) is 5.24. The van der Waals surface area contributed by atoms with Gasteiger partial charge < -0.3 is 14.5 Å². The lowest BCUT2D eigenvalue weighted by Gasteiger charge is -2.44. The van der Waals surface area contributed by atoms with Crippen molar-refractivity contribution in [1.29, 1.82) is 0 Å². The van der Waals surface area contributed by atoms with E-state index in [9.17, 15) is 18.0 Å². The van der Waals surface area contributed by atoms with E-state index in [2.05, 4.69) is 35.6 Å². The van der Waals surface area contributed by atoms with Gasteiger partial charge in [0.2, 0.25) is 0 Å². The maximum atomic E-state index is 13.4. The number of piperazine rings is 1. The van der Waals surface area contributed by atoms with Crippen LogP contribution in [0, 0.1) is 0 Å². The second-order valence-corrected chi connectivity index (χ2v) is 10.0. The van der Waals surface area contributed by atoms with Gasteiger partial charge in [0.15, 0.2) is 5.75 Å². The molecule has 0 aliphatic carbocycles. The van der Waals surface area contributed by atoms with Crippen molar-refractivity contribution in [2.45, 2.75) is 25.7 Å². The fraction of sp³-hybridized carbons (Fsp3) is 0.300. The number of rotatable bonds is 5. The zero-order valence-electron chi connectivity index (χ0n) is 21.4. The summed E-state index contributed by atoms with van der Waals surface area (Å²) < 4.78 is 44.7. The lowest BCUT2D eigenvalue weighted by Crippen LogP contribution is -2.54. The highest BCUT2D eigenvalue weighted by Gasteiger charge is 2.35. The number of anilines is 2. The van der Waals surface area contributed by atoms with Crippen LogP contribution in [0.15, 0.2) is 78.9 Å². The molecule has 0 unspecified atom stereocenters. The fourth-order valence-electron chi connectivity index (χ4n) is 5.24. The third kappa shape index (κ3) is 5.27. The van der Waals surface area contributed by atoms with Crippen LogP contribution < -0.4 is 9.64 Å². The van der Waals surface area contributed by atoms with Gasteiger partial charge in [-0.2, -0.15) is 0 Å². The minimum absolute atomic E-state index is 0.171. The molecule has 8 heteroatoms. The van der Waals surface area contributed by atoms with Gasteiger partial charge in [-0.15, -0.1) is 13.2 Å². The SMILES string of the molecule is CC(C)(c1ccccc1)N1CCN(C(=O)c2ccc(N3CC=Cc4ccccc43)c(OC(F)(F)F)c2)CC1. The van der Waals surface area contributed by atoms with Gasteiger partial charge in [0.1, 0.15) is 0 Å². The summed E-state index contributed by atoms with van der Waals surface area (Å²) in [6.07, 6.45) is -1.07. The number of carbonyl (C=O) groups excluding carboxylic acids is 1. The van der Waals surface area contributed by atoms with Crippen molar-refractivity contribution in [2.75, 3.05) is 37.6 Å². The largest absolute Gasteiger partial charge is 0.573 e. The van der Waals surface area contributed by atoms with E-state index >= 15 is 0 Å². The van der Waals surface area contributed by atoms with Crippen molar-refractivity contribution in [1.82, 2.24) is 9.80 Å². The highest BCUT2D eigenvalue weighted by atomic mass is 19.4. The van der Waals surface area contributed by atoms with Crippen molar-refractivity contribution in [3.63, 3.8) is 0 Å². The van der Waals surface area contributed by atoms with Crippen LogP contribution in [0.4, 0.5) is 24.5 Å². The number of hydrogen-bond donors (Lipinski definition) is 0. The number of benzene rings is 3. The van der Waals surface area contributed by atoms with Crippen LogP contribution in [0.25, 0.3) is 6.08 Å². The molecule has 5 rings (SSSR count). The summed E-state index contributed by atoms with van der Waals surface area (Å²) in [5.41, 5.74) is 3.09. The van der Waals surface area contributed by atoms with E-state index in [-0.39, 0.29) is 22.7 Å². The predicted molar refractivity (Wildman–Crippen MR) is 143 cm³/mol. The Bertz CT molecular complexity index is 1330. The van der Waals surface area contributed by atoms with Gasteiger partial charge in [0.25, 0.3) is 5.91 Å². The Morgan fingerprint density at radius 1 is 0.842 bits per heavy atom. The maximum Gasteiger partial charge on any atom is 0.573 e. The molecule has 2 aliphatic rings. The van der Waals surface area contributed by atoms with E-state index in [1.807, 2.05) is 54.6 Å². The van der Waals surface area contributed by atoms with Crippen LogP contribution in [0.1, 0.15) is 35.3 Å². The van der Waals surface area contributed by atoms with Crippen LogP contribution in [-0.4, -0.2) is 54.8 Å². The number of alkyl halides is 3. The van der Waals surface area contributed by atoms with Gasteiger partial charge in [-0.25, -0.2) is 0 Å². The third-order valence-corrected chi connectivity index (χ3v) is 7.37. The molecule has 3 aromatic rings. The molecule has 3 aromatic carbocycles. The van der Waals surface area contributed by atoms with Crippen molar-refractivity contribution in [2.24, 2.45) is 0 Å². The smallest absolute Gasteiger partial charge is 0.404 e. The molecule has 5 nitrogen and oxygen atoms in total. The lowest BCUT2D eigenvalue weighted by molar-refractivity contribution is -0.274. The molecule has 0 spiro atoms. The number of carbonyl (C=O) groups is 1. The zero-order valence-corrected chi connectivity index (χ0v) is 21.4. The molecule has 1 amide bonds. The normalized spacial score (nSPS) is 16.3. The van der Waals surface area contributed by atoms with Crippen molar-refractivity contribution >= 4 is 23.4 Å². The van der Waals surface area contributed by atoms with Gasteiger partial charge >= 0.3 is 6.36 Å². The highest BCUT2D eigenvalue weighted by molar-refractivity contribution is 5.96. The average molecular weight is 522 g/mol. The Hall–Kier alpha value is -3.78. The maximum absolute atomic E-state index is 13.4. The van der Waals surface area contributed by atoms with Gasteiger partial charge in [-0.3, -0.25) is 9.69 Å². The zero-order chi connectivity index (χ0) is 26.9. The Kier molecular flexibility index (Phi) is 6.92. The summed E-state index contributed by atoms with van der Waals surface area (Å²) in [4.78, 5) is 19.2. The number of halogens is 3. The second kappa shape index (κ2) is 10.2. The molecule has 1 saturated heterocycles. The minimum atomic E-state index is -4.89. The number of para-hydroxylation sites is 1. The first-order valence-corrected chi connectivity index (χ1v) is 12.7. The Labute approximate surface area is 220 Å². The first-order valence-electron chi connectivity index (χ1n) is 12.7. The molecule has 38 heavy (non-hydrogen) atoms. The van der Waals surface area contributed by atoms with E-state index in [1.165, 1.54) is 11.6 Å². The second-order valence-electron chi connectivity index (χ2n) is 10.0. The van der Waals surface area contributed by atoms with Gasteiger partial charge in [-0.05, 0) is 49.2 Å². The van der Waals surface area contributed by atoms with Crippen LogP contribution >= 0.6 is 0 Å². The first kappa shape index (κ1) is 25.9. The highest BCUT2D eigenvalue weighted by Crippen LogP contribution is 2.40. The van der Waals surface area contributed by atoms with Crippen LogP contribution in [0.3, 0.4) is 0 Å². The average Bonchev–Trinajstić information content (AvgIpc) is 2.92.